The first-order chi connectivity index (χ1) is 7.33. The Morgan fingerprint density at radius 2 is 2.07 bits per heavy atom. The lowest BCUT2D eigenvalue weighted by molar-refractivity contribution is 0.0745. The minimum atomic E-state index is 0.0566. The van der Waals surface area contributed by atoms with E-state index in [1.807, 2.05) is 38.2 Å². The Balaban J connectivity index is 2.50. The fourth-order valence-electron chi connectivity index (χ4n) is 1.80. The minimum Gasteiger partial charge on any atom is -0.372 e. The minimum absolute atomic E-state index is 0.0566. The quantitative estimate of drug-likeness (QED) is 0.759. The Kier molecular flexibility index (Phi) is 2.97. The Hall–Kier alpha value is -1.41. The van der Waals surface area contributed by atoms with E-state index in [0.717, 1.165) is 5.69 Å². The van der Waals surface area contributed by atoms with Crippen molar-refractivity contribution in [2.75, 3.05) is 6.61 Å². The molecule has 0 spiro atoms. The van der Waals surface area contributed by atoms with Crippen molar-refractivity contribution in [3.8, 4) is 0 Å². The highest BCUT2D eigenvalue weighted by Crippen LogP contribution is 2.23. The summed E-state index contributed by atoms with van der Waals surface area (Å²) in [6.07, 6.45) is 1.90. The zero-order valence-electron chi connectivity index (χ0n) is 9.10. The normalized spacial score (nSPS) is 12.9. The second kappa shape index (κ2) is 4.41. The monoisotopic (exact) mass is 201 g/mol. The van der Waals surface area contributed by atoms with Gasteiger partial charge in [0.25, 0.3) is 0 Å². The molecule has 1 aromatic heterocycles. The van der Waals surface area contributed by atoms with E-state index in [1.54, 1.807) is 0 Å². The van der Waals surface area contributed by atoms with E-state index in [1.165, 1.54) is 10.8 Å². The van der Waals surface area contributed by atoms with Gasteiger partial charge >= 0.3 is 0 Å². The Morgan fingerprint density at radius 3 is 2.87 bits per heavy atom. The summed E-state index contributed by atoms with van der Waals surface area (Å²) in [5, 5.41) is 2.40. The predicted molar refractivity (Wildman–Crippen MR) is 61.8 cm³/mol. The molecule has 1 unspecified atom stereocenters. The third kappa shape index (κ3) is 2.00. The van der Waals surface area contributed by atoms with Crippen molar-refractivity contribution in [1.29, 1.82) is 0 Å². The van der Waals surface area contributed by atoms with Crippen LogP contribution in [0.2, 0.25) is 0 Å². The average molecular weight is 201 g/mol. The summed E-state index contributed by atoms with van der Waals surface area (Å²) in [5.74, 6) is 0. The van der Waals surface area contributed by atoms with Crippen molar-refractivity contribution in [2.24, 2.45) is 0 Å². The molecule has 0 radical (unpaired) electrons. The molecule has 0 aliphatic rings. The van der Waals surface area contributed by atoms with Crippen LogP contribution in [0.1, 0.15) is 25.6 Å². The van der Waals surface area contributed by atoms with Gasteiger partial charge in [-0.25, -0.2) is 0 Å². The molecule has 1 heterocycles. The molecular weight excluding hydrogens is 186 g/mol. The number of rotatable bonds is 3. The molecule has 15 heavy (non-hydrogen) atoms. The summed E-state index contributed by atoms with van der Waals surface area (Å²) in [4.78, 5) is 4.40. The molecule has 0 saturated heterocycles. The number of fused-ring (bicyclic) bond motifs is 1. The van der Waals surface area contributed by atoms with Crippen LogP contribution in [-0.4, -0.2) is 11.6 Å². The van der Waals surface area contributed by atoms with Crippen LogP contribution in [0.3, 0.4) is 0 Å². The van der Waals surface area contributed by atoms with Gasteiger partial charge in [-0.3, -0.25) is 4.98 Å². The lowest BCUT2D eigenvalue weighted by atomic mass is 10.1. The molecule has 2 heteroatoms. The number of benzene rings is 1. The van der Waals surface area contributed by atoms with Gasteiger partial charge in [-0.15, -0.1) is 0 Å². The van der Waals surface area contributed by atoms with Gasteiger partial charge in [0.05, 0.1) is 11.8 Å². The first kappa shape index (κ1) is 10.1. The molecule has 0 amide bonds. The lowest BCUT2D eigenvalue weighted by Crippen LogP contribution is -2.02. The highest BCUT2D eigenvalue weighted by atomic mass is 16.5. The predicted octanol–water partition coefficient (Wildman–Crippen LogP) is 3.33. The first-order valence-electron chi connectivity index (χ1n) is 5.28. The zero-order valence-corrected chi connectivity index (χ0v) is 9.10. The number of ether oxygens (including phenoxy) is 1. The van der Waals surface area contributed by atoms with Crippen LogP contribution in [0.4, 0.5) is 0 Å². The van der Waals surface area contributed by atoms with Gasteiger partial charge in [0, 0.05) is 18.2 Å². The fraction of sp³-hybridized carbons (Fsp3) is 0.308. The maximum Gasteiger partial charge on any atom is 0.0972 e. The highest BCUT2D eigenvalue weighted by Gasteiger charge is 2.09. The van der Waals surface area contributed by atoms with Crippen LogP contribution in [0.5, 0.6) is 0 Å². The van der Waals surface area contributed by atoms with Gasteiger partial charge in [-0.1, -0.05) is 24.3 Å². The van der Waals surface area contributed by atoms with E-state index in [-0.39, 0.29) is 6.10 Å². The van der Waals surface area contributed by atoms with Crippen molar-refractivity contribution in [3.05, 3.63) is 42.2 Å². The zero-order chi connectivity index (χ0) is 10.7. The molecular formula is C13H15NO. The maximum absolute atomic E-state index is 5.57. The van der Waals surface area contributed by atoms with Crippen LogP contribution in [0.25, 0.3) is 10.8 Å². The van der Waals surface area contributed by atoms with Crippen molar-refractivity contribution >= 4 is 10.8 Å². The molecule has 2 nitrogen and oxygen atoms in total. The van der Waals surface area contributed by atoms with Crippen LogP contribution >= 0.6 is 0 Å². The molecule has 2 rings (SSSR count). The topological polar surface area (TPSA) is 22.1 Å². The molecule has 0 fully saturated rings. The number of hydrogen-bond donors (Lipinski definition) is 0. The molecule has 0 bridgehead atoms. The van der Waals surface area contributed by atoms with Gasteiger partial charge < -0.3 is 4.74 Å². The second-order valence-corrected chi connectivity index (χ2v) is 3.51. The summed E-state index contributed by atoms with van der Waals surface area (Å²) in [5.41, 5.74) is 1.02. The summed E-state index contributed by atoms with van der Waals surface area (Å²) >= 11 is 0. The standard InChI is InChI=1S/C13H15NO/c1-3-15-10(2)13-12-7-5-4-6-11(12)8-9-14-13/h4-10H,3H2,1-2H3. The first-order valence-corrected chi connectivity index (χ1v) is 5.28. The van der Waals surface area contributed by atoms with Crippen molar-refractivity contribution in [3.63, 3.8) is 0 Å². The molecule has 0 aliphatic heterocycles. The molecule has 0 aliphatic carbocycles. The highest BCUT2D eigenvalue weighted by molar-refractivity contribution is 5.84. The van der Waals surface area contributed by atoms with E-state index in [9.17, 15) is 0 Å². The van der Waals surface area contributed by atoms with E-state index in [4.69, 9.17) is 4.74 Å². The molecule has 1 aromatic carbocycles. The Labute approximate surface area is 89.9 Å². The summed E-state index contributed by atoms with van der Waals surface area (Å²) in [7, 11) is 0. The van der Waals surface area contributed by atoms with Crippen molar-refractivity contribution < 1.29 is 4.74 Å². The molecule has 2 aromatic rings. The van der Waals surface area contributed by atoms with E-state index < -0.39 is 0 Å². The average Bonchev–Trinajstić information content (AvgIpc) is 2.28. The van der Waals surface area contributed by atoms with Crippen LogP contribution < -0.4 is 0 Å². The number of hydrogen-bond acceptors (Lipinski definition) is 2. The molecule has 0 saturated carbocycles. The summed E-state index contributed by atoms with van der Waals surface area (Å²) < 4.78 is 5.57. The van der Waals surface area contributed by atoms with Gasteiger partial charge in [0.1, 0.15) is 0 Å². The van der Waals surface area contributed by atoms with Crippen LogP contribution in [0.15, 0.2) is 36.5 Å². The van der Waals surface area contributed by atoms with Gasteiger partial charge in [0.2, 0.25) is 0 Å². The van der Waals surface area contributed by atoms with E-state index in [0.29, 0.717) is 6.61 Å². The fourth-order valence-corrected chi connectivity index (χ4v) is 1.80. The molecule has 78 valence electrons. The Morgan fingerprint density at radius 1 is 1.27 bits per heavy atom. The van der Waals surface area contributed by atoms with Gasteiger partial charge in [-0.2, -0.15) is 0 Å². The van der Waals surface area contributed by atoms with E-state index >= 15 is 0 Å². The molecule has 1 atom stereocenters. The molecule has 0 N–H and O–H groups in total. The van der Waals surface area contributed by atoms with Crippen LogP contribution in [-0.2, 0) is 4.74 Å². The number of aromatic nitrogens is 1. The third-order valence-electron chi connectivity index (χ3n) is 2.51. The van der Waals surface area contributed by atoms with Gasteiger partial charge in [0.15, 0.2) is 0 Å². The number of nitrogens with zero attached hydrogens (tertiary/aromatic N) is 1. The lowest BCUT2D eigenvalue weighted by Gasteiger charge is -2.13. The van der Waals surface area contributed by atoms with Crippen molar-refractivity contribution in [2.45, 2.75) is 20.0 Å². The van der Waals surface area contributed by atoms with Crippen molar-refractivity contribution in [1.82, 2.24) is 4.98 Å². The second-order valence-electron chi connectivity index (χ2n) is 3.51. The smallest absolute Gasteiger partial charge is 0.0972 e. The van der Waals surface area contributed by atoms with Crippen LogP contribution in [0, 0.1) is 0 Å². The van der Waals surface area contributed by atoms with Gasteiger partial charge in [-0.05, 0) is 25.3 Å². The summed E-state index contributed by atoms with van der Waals surface area (Å²) in [6, 6.07) is 10.3. The number of pyridine rings is 1. The van der Waals surface area contributed by atoms with E-state index in [2.05, 4.69) is 17.1 Å². The maximum atomic E-state index is 5.57. The SMILES string of the molecule is CCOC(C)c1nccc2ccccc12. The largest absolute Gasteiger partial charge is 0.372 e. The Bertz CT molecular complexity index is 448. The third-order valence-corrected chi connectivity index (χ3v) is 2.51. The summed E-state index contributed by atoms with van der Waals surface area (Å²) in [6.45, 7) is 4.76.